The second kappa shape index (κ2) is 6.07. The van der Waals surface area contributed by atoms with E-state index in [4.69, 9.17) is 14.2 Å². The van der Waals surface area contributed by atoms with Gasteiger partial charge in [0.1, 0.15) is 5.75 Å². The molecule has 2 aliphatic heterocycles. The lowest BCUT2D eigenvalue weighted by atomic mass is 9.99. The lowest BCUT2D eigenvalue weighted by Gasteiger charge is -2.29. The average molecular weight is 325 g/mol. The summed E-state index contributed by atoms with van der Waals surface area (Å²) in [6.07, 6.45) is 0.822. The first kappa shape index (κ1) is 14.9. The monoisotopic (exact) mass is 325 g/mol. The molecule has 4 rings (SSSR count). The van der Waals surface area contributed by atoms with Crippen LogP contribution in [0.25, 0.3) is 0 Å². The molecule has 2 aliphatic rings. The van der Waals surface area contributed by atoms with Crippen molar-refractivity contribution in [3.8, 4) is 17.2 Å². The zero-order chi connectivity index (χ0) is 16.5. The Morgan fingerprint density at radius 2 is 1.83 bits per heavy atom. The largest absolute Gasteiger partial charge is 0.484 e. The van der Waals surface area contributed by atoms with Gasteiger partial charge in [-0.15, -0.1) is 0 Å². The lowest BCUT2D eigenvalue weighted by Crippen LogP contribution is -2.38. The van der Waals surface area contributed by atoms with E-state index in [-0.39, 0.29) is 19.3 Å². The smallest absolute Gasteiger partial charge is 0.260 e. The van der Waals surface area contributed by atoms with Crippen molar-refractivity contribution in [1.82, 2.24) is 4.90 Å². The zero-order valence-corrected chi connectivity index (χ0v) is 13.6. The number of rotatable bonds is 3. The van der Waals surface area contributed by atoms with Crippen LogP contribution < -0.4 is 14.2 Å². The van der Waals surface area contributed by atoms with Crippen LogP contribution in [-0.4, -0.2) is 30.8 Å². The molecule has 0 bridgehead atoms. The molecule has 0 unspecified atom stereocenters. The SMILES string of the molecule is Cc1ccc(OCC(=O)N2CCc3cc4c(cc3C2)OCO4)cc1. The van der Waals surface area contributed by atoms with Crippen LogP contribution in [0.4, 0.5) is 0 Å². The predicted molar refractivity (Wildman–Crippen MR) is 88.4 cm³/mol. The van der Waals surface area contributed by atoms with Crippen molar-refractivity contribution >= 4 is 5.91 Å². The highest BCUT2D eigenvalue weighted by atomic mass is 16.7. The maximum atomic E-state index is 12.4. The van der Waals surface area contributed by atoms with Crippen LogP contribution in [0.2, 0.25) is 0 Å². The molecular formula is C19H19NO4. The summed E-state index contributed by atoms with van der Waals surface area (Å²) >= 11 is 0. The van der Waals surface area contributed by atoms with Crippen molar-refractivity contribution in [2.75, 3.05) is 19.9 Å². The number of carbonyl (C=O) groups is 1. The molecular weight excluding hydrogens is 306 g/mol. The standard InChI is InChI=1S/C19H19NO4/c1-13-2-4-16(5-3-13)22-11-19(21)20-7-6-14-8-17-18(24-12-23-17)9-15(14)10-20/h2-5,8-9H,6-7,10-12H2,1H3. The summed E-state index contributed by atoms with van der Waals surface area (Å²) in [5.74, 6) is 2.28. The van der Waals surface area contributed by atoms with Crippen LogP contribution in [-0.2, 0) is 17.8 Å². The van der Waals surface area contributed by atoms with Gasteiger partial charge in [0.05, 0.1) is 0 Å². The molecule has 0 saturated heterocycles. The molecule has 0 spiro atoms. The van der Waals surface area contributed by atoms with E-state index in [1.54, 1.807) is 0 Å². The highest BCUT2D eigenvalue weighted by Crippen LogP contribution is 2.36. The van der Waals surface area contributed by atoms with Crippen molar-refractivity contribution in [3.63, 3.8) is 0 Å². The van der Waals surface area contributed by atoms with Gasteiger partial charge in [-0.3, -0.25) is 4.79 Å². The molecule has 124 valence electrons. The van der Waals surface area contributed by atoms with Crippen molar-refractivity contribution in [1.29, 1.82) is 0 Å². The van der Waals surface area contributed by atoms with Crippen LogP contribution in [0.15, 0.2) is 36.4 Å². The van der Waals surface area contributed by atoms with E-state index < -0.39 is 0 Å². The average Bonchev–Trinajstić information content (AvgIpc) is 3.05. The highest BCUT2D eigenvalue weighted by molar-refractivity contribution is 5.78. The minimum atomic E-state index is -0.00103. The third-order valence-electron chi connectivity index (χ3n) is 4.44. The Labute approximate surface area is 140 Å². The molecule has 2 heterocycles. The number of carbonyl (C=O) groups excluding carboxylic acids is 1. The molecule has 0 saturated carbocycles. The Morgan fingerprint density at radius 1 is 1.12 bits per heavy atom. The van der Waals surface area contributed by atoms with Crippen LogP contribution in [0.5, 0.6) is 17.2 Å². The molecule has 2 aromatic carbocycles. The summed E-state index contributed by atoms with van der Waals surface area (Å²) in [6, 6.07) is 11.7. The van der Waals surface area contributed by atoms with Crippen LogP contribution in [0.3, 0.4) is 0 Å². The van der Waals surface area contributed by atoms with Crippen molar-refractivity contribution in [3.05, 3.63) is 53.1 Å². The minimum absolute atomic E-state index is 0.00103. The molecule has 0 atom stereocenters. The van der Waals surface area contributed by atoms with E-state index in [0.717, 1.165) is 29.2 Å². The number of fused-ring (bicyclic) bond motifs is 2. The zero-order valence-electron chi connectivity index (χ0n) is 13.6. The summed E-state index contributed by atoms with van der Waals surface area (Å²) in [4.78, 5) is 14.3. The van der Waals surface area contributed by atoms with Crippen molar-refractivity contribution < 1.29 is 19.0 Å². The molecule has 5 nitrogen and oxygen atoms in total. The number of aryl methyl sites for hydroxylation is 1. The highest BCUT2D eigenvalue weighted by Gasteiger charge is 2.24. The third-order valence-corrected chi connectivity index (χ3v) is 4.44. The molecule has 2 aromatic rings. The fourth-order valence-corrected chi connectivity index (χ4v) is 3.03. The van der Waals surface area contributed by atoms with Gasteiger partial charge in [0.25, 0.3) is 5.91 Å². The third kappa shape index (κ3) is 2.89. The van der Waals surface area contributed by atoms with E-state index in [1.807, 2.05) is 48.2 Å². The summed E-state index contributed by atoms with van der Waals surface area (Å²) < 4.78 is 16.4. The van der Waals surface area contributed by atoms with E-state index in [2.05, 4.69) is 0 Å². The first-order chi connectivity index (χ1) is 11.7. The first-order valence-corrected chi connectivity index (χ1v) is 8.08. The molecule has 0 aromatic heterocycles. The van der Waals surface area contributed by atoms with Crippen molar-refractivity contribution in [2.45, 2.75) is 19.9 Å². The van der Waals surface area contributed by atoms with Gasteiger partial charge >= 0.3 is 0 Å². The number of hydrogen-bond donors (Lipinski definition) is 0. The Kier molecular flexibility index (Phi) is 3.76. The quantitative estimate of drug-likeness (QED) is 0.870. The molecule has 0 N–H and O–H groups in total. The molecule has 5 heteroatoms. The maximum Gasteiger partial charge on any atom is 0.260 e. The normalized spacial score (nSPS) is 15.1. The molecule has 0 radical (unpaired) electrons. The minimum Gasteiger partial charge on any atom is -0.484 e. The molecule has 0 fully saturated rings. The summed E-state index contributed by atoms with van der Waals surface area (Å²) in [5.41, 5.74) is 3.51. The lowest BCUT2D eigenvalue weighted by molar-refractivity contribution is -0.134. The van der Waals surface area contributed by atoms with Gasteiger partial charge in [-0.1, -0.05) is 17.7 Å². The Hall–Kier alpha value is -2.69. The first-order valence-electron chi connectivity index (χ1n) is 8.08. The molecule has 0 aliphatic carbocycles. The Morgan fingerprint density at radius 3 is 2.58 bits per heavy atom. The van der Waals surface area contributed by atoms with E-state index in [9.17, 15) is 4.79 Å². The fraction of sp³-hybridized carbons (Fsp3) is 0.316. The summed E-state index contributed by atoms with van der Waals surface area (Å²) in [5, 5.41) is 0. The number of ether oxygens (including phenoxy) is 3. The molecule has 1 amide bonds. The van der Waals surface area contributed by atoms with E-state index >= 15 is 0 Å². The van der Waals surface area contributed by atoms with E-state index in [1.165, 1.54) is 11.1 Å². The van der Waals surface area contributed by atoms with Gasteiger partial charge in [-0.2, -0.15) is 0 Å². The van der Waals surface area contributed by atoms with Gasteiger partial charge in [0, 0.05) is 13.1 Å². The van der Waals surface area contributed by atoms with Gasteiger partial charge in [0.15, 0.2) is 18.1 Å². The number of hydrogen-bond acceptors (Lipinski definition) is 4. The summed E-state index contributed by atoms with van der Waals surface area (Å²) in [7, 11) is 0. The fourth-order valence-electron chi connectivity index (χ4n) is 3.03. The van der Waals surface area contributed by atoms with Crippen LogP contribution in [0.1, 0.15) is 16.7 Å². The van der Waals surface area contributed by atoms with E-state index in [0.29, 0.717) is 13.1 Å². The number of amides is 1. The number of benzene rings is 2. The van der Waals surface area contributed by atoms with Crippen LogP contribution in [0, 0.1) is 6.92 Å². The molecule has 24 heavy (non-hydrogen) atoms. The maximum absolute atomic E-state index is 12.4. The predicted octanol–water partition coefficient (Wildman–Crippen LogP) is 2.69. The van der Waals surface area contributed by atoms with Crippen LogP contribution >= 0.6 is 0 Å². The van der Waals surface area contributed by atoms with Gasteiger partial charge in [0.2, 0.25) is 6.79 Å². The van der Waals surface area contributed by atoms with Gasteiger partial charge in [-0.25, -0.2) is 0 Å². The Balaban J connectivity index is 1.40. The second-order valence-electron chi connectivity index (χ2n) is 6.14. The van der Waals surface area contributed by atoms with Gasteiger partial charge in [-0.05, 0) is 48.7 Å². The summed E-state index contributed by atoms with van der Waals surface area (Å²) in [6.45, 7) is 3.63. The number of nitrogens with zero attached hydrogens (tertiary/aromatic N) is 1. The van der Waals surface area contributed by atoms with Crippen molar-refractivity contribution in [2.24, 2.45) is 0 Å². The second-order valence-corrected chi connectivity index (χ2v) is 6.14. The Bertz CT molecular complexity index is 770. The van der Waals surface area contributed by atoms with Gasteiger partial charge < -0.3 is 19.1 Å². The topological polar surface area (TPSA) is 48.0 Å².